The van der Waals surface area contributed by atoms with Crippen molar-refractivity contribution in [1.29, 1.82) is 0 Å². The van der Waals surface area contributed by atoms with Crippen LogP contribution in [-0.4, -0.2) is 10.2 Å². The summed E-state index contributed by atoms with van der Waals surface area (Å²) in [6, 6.07) is 15.4. The van der Waals surface area contributed by atoms with E-state index in [1.165, 1.54) is 3.57 Å². The fraction of sp³-hybridized carbons (Fsp3) is 0. The minimum atomic E-state index is 0.683. The van der Waals surface area contributed by atoms with E-state index in [9.17, 15) is 0 Å². The van der Waals surface area contributed by atoms with Crippen molar-refractivity contribution in [3.8, 4) is 22.8 Å². The number of hydrogen-bond acceptors (Lipinski definition) is 2. The van der Waals surface area contributed by atoms with E-state index >= 15 is 0 Å². The fourth-order valence-corrected chi connectivity index (χ4v) is 2.29. The number of nitrogens with one attached hydrogen (secondary N) is 1. The van der Waals surface area contributed by atoms with Crippen molar-refractivity contribution in [1.82, 2.24) is 10.2 Å². The molecule has 1 aromatic heterocycles. The van der Waals surface area contributed by atoms with Gasteiger partial charge in [0.2, 0.25) is 0 Å². The number of hydrogen-bond donors (Lipinski definition) is 1. The van der Waals surface area contributed by atoms with Crippen LogP contribution >= 0.6 is 34.2 Å². The van der Waals surface area contributed by atoms with Crippen molar-refractivity contribution in [2.45, 2.75) is 0 Å². The lowest BCUT2D eigenvalue weighted by molar-refractivity contribution is 0.485. The highest BCUT2D eigenvalue weighted by Gasteiger charge is 2.09. The van der Waals surface area contributed by atoms with E-state index in [0.717, 1.165) is 17.0 Å². The maximum atomic E-state index is 5.86. The van der Waals surface area contributed by atoms with Crippen molar-refractivity contribution >= 4 is 34.2 Å². The molecule has 100 valence electrons. The molecule has 2 aromatic carbocycles. The number of aromatic nitrogens is 2. The van der Waals surface area contributed by atoms with Crippen molar-refractivity contribution in [2.75, 3.05) is 0 Å². The van der Waals surface area contributed by atoms with E-state index in [-0.39, 0.29) is 0 Å². The smallest absolute Gasteiger partial charge is 0.172 e. The van der Waals surface area contributed by atoms with Crippen LogP contribution in [0.1, 0.15) is 0 Å². The van der Waals surface area contributed by atoms with Crippen LogP contribution in [0.3, 0.4) is 0 Å². The molecule has 0 unspecified atom stereocenters. The number of nitrogens with zero attached hydrogens (tertiary/aromatic N) is 1. The first-order valence-corrected chi connectivity index (χ1v) is 7.41. The normalized spacial score (nSPS) is 10.5. The highest BCUT2D eigenvalue weighted by molar-refractivity contribution is 14.1. The molecule has 0 atom stereocenters. The summed E-state index contributed by atoms with van der Waals surface area (Å²) in [5.74, 6) is 1.41. The van der Waals surface area contributed by atoms with Crippen LogP contribution in [0.25, 0.3) is 11.3 Å². The van der Waals surface area contributed by atoms with Crippen LogP contribution < -0.4 is 4.74 Å². The predicted octanol–water partition coefficient (Wildman–Crippen LogP) is 5.13. The molecule has 0 aliphatic carbocycles. The van der Waals surface area contributed by atoms with Crippen LogP contribution in [-0.2, 0) is 0 Å². The van der Waals surface area contributed by atoms with Gasteiger partial charge in [0.25, 0.3) is 0 Å². The maximum absolute atomic E-state index is 5.86. The van der Waals surface area contributed by atoms with Gasteiger partial charge in [0.15, 0.2) is 5.75 Å². The van der Waals surface area contributed by atoms with Crippen molar-refractivity contribution in [3.63, 3.8) is 0 Å². The van der Waals surface area contributed by atoms with E-state index in [2.05, 4.69) is 32.8 Å². The highest BCUT2D eigenvalue weighted by Crippen LogP contribution is 2.31. The zero-order valence-corrected chi connectivity index (χ0v) is 13.2. The lowest BCUT2D eigenvalue weighted by atomic mass is 10.1. The lowest BCUT2D eigenvalue weighted by Crippen LogP contribution is -1.86. The molecule has 3 aromatic rings. The van der Waals surface area contributed by atoms with Crippen molar-refractivity contribution in [2.24, 2.45) is 0 Å². The van der Waals surface area contributed by atoms with Gasteiger partial charge in [-0.25, -0.2) is 0 Å². The molecule has 0 amide bonds. The molecule has 0 aliphatic rings. The van der Waals surface area contributed by atoms with E-state index in [1.807, 2.05) is 36.4 Å². The molecule has 0 spiro atoms. The summed E-state index contributed by atoms with van der Waals surface area (Å²) < 4.78 is 7.02. The average molecular weight is 397 g/mol. The molecule has 3 rings (SSSR count). The van der Waals surface area contributed by atoms with Crippen LogP contribution in [0.2, 0.25) is 5.02 Å². The predicted molar refractivity (Wildman–Crippen MR) is 88.3 cm³/mol. The second-order valence-electron chi connectivity index (χ2n) is 4.17. The second kappa shape index (κ2) is 5.85. The van der Waals surface area contributed by atoms with Gasteiger partial charge in [-0.3, -0.25) is 5.10 Å². The number of rotatable bonds is 3. The Hall–Kier alpha value is -1.53. The molecule has 1 N–H and O–H groups in total. The Labute approximate surface area is 135 Å². The van der Waals surface area contributed by atoms with Gasteiger partial charge in [0, 0.05) is 14.2 Å². The van der Waals surface area contributed by atoms with Gasteiger partial charge in [-0.1, -0.05) is 23.7 Å². The zero-order chi connectivity index (χ0) is 13.9. The molecule has 3 nitrogen and oxygen atoms in total. The van der Waals surface area contributed by atoms with Crippen molar-refractivity contribution in [3.05, 3.63) is 63.3 Å². The Kier molecular flexibility index (Phi) is 3.93. The van der Waals surface area contributed by atoms with Gasteiger partial charge in [-0.2, -0.15) is 5.10 Å². The summed E-state index contributed by atoms with van der Waals surface area (Å²) in [5.41, 5.74) is 1.89. The van der Waals surface area contributed by atoms with E-state index in [0.29, 0.717) is 10.8 Å². The molecule has 0 saturated heterocycles. The molecule has 0 bridgehead atoms. The molecule has 20 heavy (non-hydrogen) atoms. The van der Waals surface area contributed by atoms with Crippen LogP contribution in [0, 0.1) is 3.57 Å². The Morgan fingerprint density at radius 3 is 2.40 bits per heavy atom. The third kappa shape index (κ3) is 2.96. The number of aromatic amines is 1. The van der Waals surface area contributed by atoms with Gasteiger partial charge in [-0.05, 0) is 59.0 Å². The Morgan fingerprint density at radius 1 is 1.00 bits per heavy atom. The summed E-state index contributed by atoms with van der Waals surface area (Å²) >= 11 is 8.14. The van der Waals surface area contributed by atoms with Gasteiger partial charge < -0.3 is 4.74 Å². The summed E-state index contributed by atoms with van der Waals surface area (Å²) in [7, 11) is 0. The highest BCUT2D eigenvalue weighted by atomic mass is 127. The van der Waals surface area contributed by atoms with Gasteiger partial charge in [0.05, 0.1) is 6.20 Å². The topological polar surface area (TPSA) is 37.9 Å². The average Bonchev–Trinajstić information content (AvgIpc) is 2.90. The molecule has 0 fully saturated rings. The quantitative estimate of drug-likeness (QED) is 0.624. The molecular weight excluding hydrogens is 387 g/mol. The van der Waals surface area contributed by atoms with Gasteiger partial charge in [0.1, 0.15) is 11.4 Å². The standard InChI is InChI=1S/C15H10ClIN2O/c16-11-3-7-13(8-4-11)20-14-9-18-19-15(14)10-1-5-12(17)6-2-10/h1-9H,(H,18,19). The number of benzene rings is 2. The van der Waals surface area contributed by atoms with Gasteiger partial charge in [-0.15, -0.1) is 0 Å². The maximum Gasteiger partial charge on any atom is 0.172 e. The van der Waals surface area contributed by atoms with Crippen LogP contribution in [0.5, 0.6) is 11.5 Å². The second-order valence-corrected chi connectivity index (χ2v) is 5.85. The van der Waals surface area contributed by atoms with Crippen molar-refractivity contribution < 1.29 is 4.74 Å². The van der Waals surface area contributed by atoms with E-state index in [4.69, 9.17) is 16.3 Å². The Morgan fingerprint density at radius 2 is 1.70 bits per heavy atom. The minimum Gasteiger partial charge on any atom is -0.453 e. The van der Waals surface area contributed by atoms with Crippen LogP contribution in [0.15, 0.2) is 54.7 Å². The third-order valence-corrected chi connectivity index (χ3v) is 3.75. The zero-order valence-electron chi connectivity index (χ0n) is 10.3. The van der Waals surface area contributed by atoms with Gasteiger partial charge >= 0.3 is 0 Å². The minimum absolute atomic E-state index is 0.683. The summed E-state index contributed by atoms with van der Waals surface area (Å²) in [6.45, 7) is 0. The van der Waals surface area contributed by atoms with E-state index < -0.39 is 0 Å². The summed E-state index contributed by atoms with van der Waals surface area (Å²) in [4.78, 5) is 0. The Balaban J connectivity index is 1.90. The third-order valence-electron chi connectivity index (χ3n) is 2.78. The summed E-state index contributed by atoms with van der Waals surface area (Å²) in [5, 5.41) is 7.71. The first kappa shape index (κ1) is 13.5. The first-order valence-electron chi connectivity index (χ1n) is 5.95. The number of ether oxygens (including phenoxy) is 1. The molecule has 5 heteroatoms. The molecule has 1 heterocycles. The Bertz CT molecular complexity index is 707. The largest absolute Gasteiger partial charge is 0.453 e. The molecule has 0 radical (unpaired) electrons. The monoisotopic (exact) mass is 396 g/mol. The number of halogens is 2. The first-order chi connectivity index (χ1) is 9.72. The van der Waals surface area contributed by atoms with Crippen LogP contribution in [0.4, 0.5) is 0 Å². The summed E-state index contributed by atoms with van der Waals surface area (Å²) in [6.07, 6.45) is 1.67. The fourth-order valence-electron chi connectivity index (χ4n) is 1.81. The molecule has 0 aliphatic heterocycles. The van der Waals surface area contributed by atoms with E-state index in [1.54, 1.807) is 18.3 Å². The lowest BCUT2D eigenvalue weighted by Gasteiger charge is -2.06. The number of H-pyrrole nitrogens is 1. The molecule has 0 saturated carbocycles. The molecular formula is C15H10ClIN2O. The SMILES string of the molecule is Clc1ccc(Oc2cn[nH]c2-c2ccc(I)cc2)cc1.